The monoisotopic (exact) mass is 417 g/mol. The lowest BCUT2D eigenvalue weighted by Crippen LogP contribution is -2.34. The fraction of sp³-hybridized carbons (Fsp3) is 0.130. The van der Waals surface area contributed by atoms with Crippen LogP contribution in [0.1, 0.15) is 43.3 Å². The molecule has 31 heavy (non-hydrogen) atoms. The normalized spacial score (nSPS) is 12.6. The third kappa shape index (κ3) is 4.37. The van der Waals surface area contributed by atoms with Gasteiger partial charge in [0.25, 0.3) is 17.7 Å². The highest BCUT2D eigenvalue weighted by Gasteiger charge is 2.34. The van der Waals surface area contributed by atoms with Gasteiger partial charge in [0.05, 0.1) is 17.4 Å². The fourth-order valence-electron chi connectivity index (χ4n) is 3.30. The van der Waals surface area contributed by atoms with Crippen LogP contribution in [0.25, 0.3) is 0 Å². The predicted molar refractivity (Wildman–Crippen MR) is 111 cm³/mol. The van der Waals surface area contributed by atoms with E-state index in [4.69, 9.17) is 4.42 Å². The Bertz CT molecular complexity index is 1120. The summed E-state index contributed by atoms with van der Waals surface area (Å²) in [4.78, 5) is 50.1. The molecule has 0 radical (unpaired) electrons. The van der Waals surface area contributed by atoms with Crippen molar-refractivity contribution in [1.82, 2.24) is 10.2 Å². The maximum atomic E-state index is 12.3. The minimum absolute atomic E-state index is 0.000386. The lowest BCUT2D eigenvalue weighted by Gasteiger charge is -2.13. The first kappa shape index (κ1) is 20.1. The van der Waals surface area contributed by atoms with E-state index in [9.17, 15) is 19.2 Å². The van der Waals surface area contributed by atoms with E-state index in [1.165, 1.54) is 6.26 Å². The molecule has 156 valence electrons. The number of anilines is 1. The van der Waals surface area contributed by atoms with Crippen LogP contribution in [-0.2, 0) is 11.3 Å². The lowest BCUT2D eigenvalue weighted by atomic mass is 10.1. The highest BCUT2D eigenvalue weighted by Crippen LogP contribution is 2.22. The van der Waals surface area contributed by atoms with E-state index in [0.717, 1.165) is 10.5 Å². The van der Waals surface area contributed by atoms with Crippen molar-refractivity contribution in [1.29, 1.82) is 0 Å². The second kappa shape index (κ2) is 8.66. The number of carbonyl (C=O) groups is 4. The lowest BCUT2D eigenvalue weighted by molar-refractivity contribution is -0.121. The van der Waals surface area contributed by atoms with Crippen molar-refractivity contribution in [3.05, 3.63) is 89.4 Å². The molecule has 2 aromatic carbocycles. The Balaban J connectivity index is 1.28. The third-order valence-electron chi connectivity index (χ3n) is 4.86. The summed E-state index contributed by atoms with van der Waals surface area (Å²) in [6, 6.07) is 16.8. The van der Waals surface area contributed by atoms with E-state index in [-0.39, 0.29) is 48.9 Å². The van der Waals surface area contributed by atoms with Crippen molar-refractivity contribution in [2.45, 2.75) is 13.0 Å². The van der Waals surface area contributed by atoms with E-state index in [1.807, 2.05) is 6.07 Å². The van der Waals surface area contributed by atoms with Crippen molar-refractivity contribution >= 4 is 29.3 Å². The first-order chi connectivity index (χ1) is 15.0. The molecule has 1 aromatic heterocycles. The topological polar surface area (TPSA) is 109 Å². The first-order valence-electron chi connectivity index (χ1n) is 9.68. The van der Waals surface area contributed by atoms with E-state index >= 15 is 0 Å². The Labute approximate surface area is 177 Å². The van der Waals surface area contributed by atoms with Gasteiger partial charge in [0, 0.05) is 25.2 Å². The molecule has 0 fully saturated rings. The van der Waals surface area contributed by atoms with Gasteiger partial charge in [-0.2, -0.15) is 0 Å². The Morgan fingerprint density at radius 3 is 2.32 bits per heavy atom. The molecular formula is C23H19N3O5. The Morgan fingerprint density at radius 1 is 0.903 bits per heavy atom. The van der Waals surface area contributed by atoms with Crippen molar-refractivity contribution < 1.29 is 23.6 Å². The third-order valence-corrected chi connectivity index (χ3v) is 4.86. The average molecular weight is 417 g/mol. The number of carbonyl (C=O) groups excluding carboxylic acids is 4. The minimum Gasteiger partial charge on any atom is -0.459 e. The van der Waals surface area contributed by atoms with E-state index in [1.54, 1.807) is 54.6 Å². The minimum atomic E-state index is -0.381. The summed E-state index contributed by atoms with van der Waals surface area (Å²) >= 11 is 0. The Kier molecular flexibility index (Phi) is 5.61. The molecule has 2 heterocycles. The van der Waals surface area contributed by atoms with E-state index in [2.05, 4.69) is 10.6 Å². The molecule has 0 saturated heterocycles. The van der Waals surface area contributed by atoms with Crippen LogP contribution >= 0.6 is 0 Å². The molecule has 1 aliphatic rings. The number of furan rings is 1. The van der Waals surface area contributed by atoms with Crippen LogP contribution in [-0.4, -0.2) is 35.1 Å². The summed E-state index contributed by atoms with van der Waals surface area (Å²) in [5.74, 6) is -1.22. The van der Waals surface area contributed by atoms with Crippen LogP contribution in [0.15, 0.2) is 71.3 Å². The Hall–Kier alpha value is -4.20. The number of amides is 4. The van der Waals surface area contributed by atoms with Crippen molar-refractivity contribution in [3.63, 3.8) is 0 Å². The molecule has 8 heteroatoms. The maximum absolute atomic E-state index is 12.3. The number of hydrogen-bond acceptors (Lipinski definition) is 5. The highest BCUT2D eigenvalue weighted by atomic mass is 16.3. The van der Waals surface area contributed by atoms with Gasteiger partial charge in [-0.1, -0.05) is 24.3 Å². The summed E-state index contributed by atoms with van der Waals surface area (Å²) in [6.07, 6.45) is 1.42. The molecular weight excluding hydrogens is 398 g/mol. The molecule has 0 spiro atoms. The molecule has 4 amide bonds. The molecule has 4 rings (SSSR count). The van der Waals surface area contributed by atoms with Gasteiger partial charge < -0.3 is 15.1 Å². The zero-order valence-corrected chi connectivity index (χ0v) is 16.5. The summed E-state index contributed by atoms with van der Waals surface area (Å²) < 4.78 is 5.06. The van der Waals surface area contributed by atoms with Crippen molar-refractivity contribution in [2.24, 2.45) is 0 Å². The number of imide groups is 1. The van der Waals surface area contributed by atoms with Crippen LogP contribution in [0.3, 0.4) is 0 Å². The highest BCUT2D eigenvalue weighted by molar-refractivity contribution is 6.21. The number of nitrogens with zero attached hydrogens (tertiary/aromatic N) is 1. The summed E-state index contributed by atoms with van der Waals surface area (Å²) in [5.41, 5.74) is 2.08. The molecule has 0 unspecified atom stereocenters. The summed E-state index contributed by atoms with van der Waals surface area (Å²) in [7, 11) is 0. The van der Waals surface area contributed by atoms with Crippen molar-refractivity contribution in [2.75, 3.05) is 11.9 Å². The first-order valence-corrected chi connectivity index (χ1v) is 9.68. The number of rotatable bonds is 7. The standard InChI is InChI=1S/C23H19N3O5/c27-20(10-11-26-22(29)17-7-1-2-8-18(17)23(26)30)24-14-15-5-3-6-16(13-15)25-21(28)19-9-4-12-31-19/h1-9,12-13H,10-11,14H2,(H,24,27)(H,25,28). The molecule has 0 bridgehead atoms. The number of hydrogen-bond donors (Lipinski definition) is 2. The van der Waals surface area contributed by atoms with Gasteiger partial charge in [-0.05, 0) is 42.0 Å². The molecule has 0 atom stereocenters. The van der Waals surface area contributed by atoms with Gasteiger partial charge in [-0.3, -0.25) is 24.1 Å². The van der Waals surface area contributed by atoms with E-state index < -0.39 is 0 Å². The van der Waals surface area contributed by atoms with Crippen LogP contribution in [0.4, 0.5) is 5.69 Å². The molecule has 3 aromatic rings. The smallest absolute Gasteiger partial charge is 0.291 e. The molecule has 1 aliphatic heterocycles. The van der Waals surface area contributed by atoms with E-state index in [0.29, 0.717) is 16.8 Å². The molecule has 0 saturated carbocycles. The SMILES string of the molecule is O=C(CCN1C(=O)c2ccccc2C1=O)NCc1cccc(NC(=O)c2ccco2)c1. The van der Waals surface area contributed by atoms with Crippen LogP contribution < -0.4 is 10.6 Å². The Morgan fingerprint density at radius 2 is 1.65 bits per heavy atom. The largest absolute Gasteiger partial charge is 0.459 e. The zero-order chi connectivity index (χ0) is 21.8. The molecule has 0 aliphatic carbocycles. The summed E-state index contributed by atoms with van der Waals surface area (Å²) in [5, 5.41) is 5.49. The number of benzene rings is 2. The van der Waals surface area contributed by atoms with Crippen molar-refractivity contribution in [3.8, 4) is 0 Å². The maximum Gasteiger partial charge on any atom is 0.291 e. The average Bonchev–Trinajstić information content (AvgIpc) is 3.40. The fourth-order valence-corrected chi connectivity index (χ4v) is 3.30. The van der Waals surface area contributed by atoms with Crippen LogP contribution in [0.5, 0.6) is 0 Å². The van der Waals surface area contributed by atoms with Crippen LogP contribution in [0, 0.1) is 0 Å². The molecule has 8 nitrogen and oxygen atoms in total. The second-order valence-corrected chi connectivity index (χ2v) is 6.97. The van der Waals surface area contributed by atoms with Gasteiger partial charge in [0.1, 0.15) is 0 Å². The van der Waals surface area contributed by atoms with Gasteiger partial charge in [-0.25, -0.2) is 0 Å². The zero-order valence-electron chi connectivity index (χ0n) is 16.5. The number of nitrogens with one attached hydrogen (secondary N) is 2. The van der Waals surface area contributed by atoms with Gasteiger partial charge in [0.15, 0.2) is 5.76 Å². The number of fused-ring (bicyclic) bond motifs is 1. The predicted octanol–water partition coefficient (Wildman–Crippen LogP) is 2.83. The van der Waals surface area contributed by atoms with Gasteiger partial charge in [-0.15, -0.1) is 0 Å². The van der Waals surface area contributed by atoms with Gasteiger partial charge >= 0.3 is 0 Å². The van der Waals surface area contributed by atoms with Gasteiger partial charge in [0.2, 0.25) is 5.91 Å². The second-order valence-electron chi connectivity index (χ2n) is 6.97. The summed E-state index contributed by atoms with van der Waals surface area (Å²) in [6.45, 7) is 0.253. The molecule has 2 N–H and O–H groups in total. The van der Waals surface area contributed by atoms with Crippen LogP contribution in [0.2, 0.25) is 0 Å². The quantitative estimate of drug-likeness (QED) is 0.575.